The van der Waals surface area contributed by atoms with Crippen LogP contribution in [0.1, 0.15) is 32.3 Å². The van der Waals surface area contributed by atoms with Crippen molar-refractivity contribution in [3.63, 3.8) is 0 Å². The molecule has 1 aromatic carbocycles. The van der Waals surface area contributed by atoms with Crippen LogP contribution in [-0.4, -0.2) is 61.1 Å². The normalized spacial score (nSPS) is 27.6. The molecule has 3 aliphatic heterocycles. The van der Waals surface area contributed by atoms with Gasteiger partial charge >= 0.3 is 5.92 Å². The van der Waals surface area contributed by atoms with E-state index in [1.807, 2.05) is 30.1 Å². The van der Waals surface area contributed by atoms with Crippen molar-refractivity contribution in [3.8, 4) is 0 Å². The number of nitrogens with zero attached hydrogens (tertiary/aromatic N) is 4. The van der Waals surface area contributed by atoms with E-state index in [-0.39, 0.29) is 24.0 Å². The molecule has 2 N–H and O–H groups in total. The van der Waals surface area contributed by atoms with Gasteiger partial charge in [0.15, 0.2) is 12.4 Å². The van der Waals surface area contributed by atoms with Gasteiger partial charge in [-0.3, -0.25) is 0 Å². The lowest BCUT2D eigenvalue weighted by Gasteiger charge is -2.41. The molecule has 6 rings (SSSR count). The van der Waals surface area contributed by atoms with E-state index in [1.165, 1.54) is 20.0 Å². The monoisotopic (exact) mass is 566 g/mol. The van der Waals surface area contributed by atoms with Gasteiger partial charge in [-0.05, 0) is 37.0 Å². The summed E-state index contributed by atoms with van der Waals surface area (Å²) >= 11 is 6.42. The molecule has 0 unspecified atom stereocenters. The second-order valence-corrected chi connectivity index (χ2v) is 11.7. The van der Waals surface area contributed by atoms with Gasteiger partial charge in [-0.1, -0.05) is 25.4 Å². The van der Waals surface area contributed by atoms with E-state index in [0.717, 1.165) is 24.1 Å². The van der Waals surface area contributed by atoms with E-state index in [0.29, 0.717) is 35.5 Å². The molecular weight excluding hydrogens is 536 g/mol. The van der Waals surface area contributed by atoms with Crippen molar-refractivity contribution in [2.24, 2.45) is 17.8 Å². The lowest BCUT2D eigenvalue weighted by atomic mass is 9.87. The smallest absolute Gasteiger partial charge is 0.301 e. The number of nitrogens with one attached hydrogen (secondary N) is 2. The van der Waals surface area contributed by atoms with E-state index in [2.05, 4.69) is 20.6 Å². The molecule has 2 aromatic rings. The van der Waals surface area contributed by atoms with Gasteiger partial charge in [0.05, 0.1) is 24.5 Å². The molecule has 4 aliphatic rings. The Morgan fingerprint density at radius 2 is 1.85 bits per heavy atom. The fourth-order valence-corrected chi connectivity index (χ4v) is 5.88. The zero-order valence-corrected chi connectivity index (χ0v) is 22.7. The molecular formula is C27H31ClF4N6O. The topological polar surface area (TPSA) is 65.6 Å². The number of benzene rings is 1. The first kappa shape index (κ1) is 26.3. The molecule has 210 valence electrons. The van der Waals surface area contributed by atoms with Gasteiger partial charge in [0.1, 0.15) is 10.8 Å². The van der Waals surface area contributed by atoms with E-state index >= 15 is 0 Å². The van der Waals surface area contributed by atoms with Gasteiger partial charge in [0.25, 0.3) is 5.92 Å². The quantitative estimate of drug-likeness (QED) is 0.457. The number of anilines is 4. The Morgan fingerprint density at radius 3 is 2.54 bits per heavy atom. The molecule has 3 atom stereocenters. The van der Waals surface area contributed by atoms with Crippen LogP contribution in [0.4, 0.5) is 40.7 Å². The molecule has 12 heteroatoms. The minimum Gasteiger partial charge on any atom is -0.487 e. The zero-order valence-electron chi connectivity index (χ0n) is 21.9. The van der Waals surface area contributed by atoms with E-state index in [4.69, 9.17) is 16.3 Å². The minimum atomic E-state index is -2.98. The summed E-state index contributed by atoms with van der Waals surface area (Å²) in [6.07, 6.45) is 2.99. The van der Waals surface area contributed by atoms with Crippen molar-refractivity contribution in [2.75, 3.05) is 48.4 Å². The highest BCUT2D eigenvalue weighted by Gasteiger charge is 2.51. The van der Waals surface area contributed by atoms with Crippen LogP contribution in [0.25, 0.3) is 5.70 Å². The van der Waals surface area contributed by atoms with Gasteiger partial charge in [-0.25, -0.2) is 22.5 Å². The molecule has 4 heterocycles. The first-order valence-corrected chi connectivity index (χ1v) is 13.6. The van der Waals surface area contributed by atoms with Crippen molar-refractivity contribution < 1.29 is 22.3 Å². The standard InChI is InChI=1S/C27H31ClF4N6O/c1-14-10-38(11-15(2)27(14,31)32)25-33-9-19(28)24(36-25)34-17-6-7-20-18(8-17)22-21(12-37(20)3)39-13-26(29,30)23(35-22)16-4-5-16/h6-9,14-16,23,35H,4-5,10-13H2,1-3H3,(H,33,34,36)/t14-,15+,23-/m0/s1. The molecule has 0 spiro atoms. The number of aromatic nitrogens is 2. The molecule has 1 saturated heterocycles. The molecule has 2 fully saturated rings. The van der Waals surface area contributed by atoms with Crippen LogP contribution < -0.4 is 20.4 Å². The average Bonchev–Trinajstić information content (AvgIpc) is 3.72. The number of likely N-dealkylation sites (N-methyl/N-ethyl adjacent to an activating group) is 1. The highest BCUT2D eigenvalue weighted by atomic mass is 35.5. The number of rotatable bonds is 4. The number of ether oxygens (including phenoxy) is 1. The summed E-state index contributed by atoms with van der Waals surface area (Å²) in [5, 5.41) is 6.63. The Morgan fingerprint density at radius 1 is 1.13 bits per heavy atom. The summed E-state index contributed by atoms with van der Waals surface area (Å²) in [5.41, 5.74) is 2.82. The summed E-state index contributed by atoms with van der Waals surface area (Å²) < 4.78 is 64.2. The Kier molecular flexibility index (Phi) is 6.28. The second kappa shape index (κ2) is 9.31. The number of alkyl halides is 4. The second-order valence-electron chi connectivity index (χ2n) is 11.3. The van der Waals surface area contributed by atoms with Crippen LogP contribution in [0.3, 0.4) is 0 Å². The minimum absolute atomic E-state index is 0.0849. The van der Waals surface area contributed by atoms with Crippen LogP contribution >= 0.6 is 11.6 Å². The summed E-state index contributed by atoms with van der Waals surface area (Å²) in [7, 11) is 1.89. The fourth-order valence-electron chi connectivity index (χ4n) is 5.74. The largest absolute Gasteiger partial charge is 0.487 e. The van der Waals surface area contributed by atoms with Gasteiger partial charge in [0, 0.05) is 48.9 Å². The van der Waals surface area contributed by atoms with Crippen LogP contribution in [0.15, 0.2) is 30.2 Å². The summed E-state index contributed by atoms with van der Waals surface area (Å²) in [5.74, 6) is -6.40. The molecule has 1 aromatic heterocycles. The number of halogens is 5. The van der Waals surface area contributed by atoms with Crippen molar-refractivity contribution in [3.05, 3.63) is 40.7 Å². The third kappa shape index (κ3) is 4.72. The molecule has 7 nitrogen and oxygen atoms in total. The van der Waals surface area contributed by atoms with Crippen molar-refractivity contribution in [1.29, 1.82) is 0 Å². The maximum absolute atomic E-state index is 14.9. The third-order valence-corrected chi connectivity index (χ3v) is 8.48. The van der Waals surface area contributed by atoms with Crippen LogP contribution in [0, 0.1) is 17.8 Å². The van der Waals surface area contributed by atoms with Crippen molar-refractivity contribution >= 4 is 40.4 Å². The van der Waals surface area contributed by atoms with Crippen molar-refractivity contribution in [2.45, 2.75) is 44.6 Å². The average molecular weight is 567 g/mol. The number of hydrogen-bond acceptors (Lipinski definition) is 7. The lowest BCUT2D eigenvalue weighted by molar-refractivity contribution is -0.105. The summed E-state index contributed by atoms with van der Waals surface area (Å²) in [4.78, 5) is 12.6. The SMILES string of the molecule is C[C@@H]1CN(c2ncc(Cl)c(Nc3ccc4c(c3)C3=C(CN4C)OCC(F)(F)[C@H](C4CC4)N3)n2)C[C@H](C)C1(F)F. The zero-order chi connectivity index (χ0) is 27.7. The van der Waals surface area contributed by atoms with Crippen LogP contribution in [0.5, 0.6) is 0 Å². The lowest BCUT2D eigenvalue weighted by Crippen LogP contribution is -2.52. The van der Waals surface area contributed by atoms with E-state index in [1.54, 1.807) is 4.90 Å². The number of fused-ring (bicyclic) bond motifs is 2. The van der Waals surface area contributed by atoms with Gasteiger partial charge in [0.2, 0.25) is 5.95 Å². The van der Waals surface area contributed by atoms with Gasteiger partial charge < -0.3 is 25.2 Å². The maximum Gasteiger partial charge on any atom is 0.301 e. The van der Waals surface area contributed by atoms with E-state index in [9.17, 15) is 17.6 Å². The highest BCUT2D eigenvalue weighted by Crippen LogP contribution is 2.45. The maximum atomic E-state index is 14.9. The van der Waals surface area contributed by atoms with Crippen molar-refractivity contribution in [1.82, 2.24) is 15.3 Å². The fraction of sp³-hybridized carbons (Fsp3) is 0.556. The first-order valence-electron chi connectivity index (χ1n) is 13.2. The molecule has 39 heavy (non-hydrogen) atoms. The molecule has 0 amide bonds. The number of hydrogen-bond donors (Lipinski definition) is 2. The Hall–Kier alpha value is -2.95. The molecule has 0 bridgehead atoms. The predicted molar refractivity (Wildman–Crippen MR) is 143 cm³/mol. The van der Waals surface area contributed by atoms with Gasteiger partial charge in [-0.2, -0.15) is 4.98 Å². The summed E-state index contributed by atoms with van der Waals surface area (Å²) in [6, 6.07) is 4.63. The Labute approximate surface area is 229 Å². The Bertz CT molecular complexity index is 1310. The third-order valence-electron chi connectivity index (χ3n) is 8.20. The summed E-state index contributed by atoms with van der Waals surface area (Å²) in [6.45, 7) is 3.03. The first-order chi connectivity index (χ1) is 18.4. The number of piperidine rings is 1. The van der Waals surface area contributed by atoms with Crippen LogP contribution in [0.2, 0.25) is 5.02 Å². The molecule has 1 aliphatic carbocycles. The highest BCUT2D eigenvalue weighted by molar-refractivity contribution is 6.32. The molecule has 0 radical (unpaired) electrons. The van der Waals surface area contributed by atoms with E-state index < -0.39 is 36.3 Å². The van der Waals surface area contributed by atoms with Gasteiger partial charge in [-0.15, -0.1) is 0 Å². The molecule has 1 saturated carbocycles. The predicted octanol–water partition coefficient (Wildman–Crippen LogP) is 5.75. The Balaban J connectivity index is 1.29. The van der Waals surface area contributed by atoms with Crippen LogP contribution in [-0.2, 0) is 4.74 Å².